The number of H-pyrrole nitrogens is 1. The molecule has 0 aliphatic heterocycles. The molecule has 0 saturated heterocycles. The molecule has 4 aromatic rings. The van der Waals surface area contributed by atoms with Crippen molar-refractivity contribution in [1.29, 1.82) is 0 Å². The van der Waals surface area contributed by atoms with Gasteiger partial charge in [0.05, 0.1) is 34.7 Å². The summed E-state index contributed by atoms with van der Waals surface area (Å²) in [4.78, 5) is 11.2. The molecule has 6 N–H and O–H groups in total. The number of nitrogens with two attached hydrogens (primary N) is 2. The van der Waals surface area contributed by atoms with Gasteiger partial charge in [0.2, 0.25) is 6.41 Å². The maximum Gasteiger partial charge on any atom is 0.207 e. The number of nitrogens with one attached hydrogen (secondary N) is 2. The lowest BCUT2D eigenvalue weighted by Crippen LogP contribution is -2.26. The number of halogens is 1. The number of allylic oxidation sites excluding steroid dienone is 1. The van der Waals surface area contributed by atoms with Crippen molar-refractivity contribution >= 4 is 46.9 Å². The number of carbonyl (C=O) groups excluding carboxylic acids is 1. The number of hydrazine groups is 1. The molecular formula is C29H37ClN10OS. The number of hydrogen-bond acceptors (Lipinski definition) is 8. The summed E-state index contributed by atoms with van der Waals surface area (Å²) in [5.41, 5.74) is 13.6. The van der Waals surface area contributed by atoms with E-state index >= 15 is 0 Å². The summed E-state index contributed by atoms with van der Waals surface area (Å²) in [7, 11) is 1.94. The number of fused-ring (bicyclic) bond motifs is 2. The molecule has 0 bridgehead atoms. The van der Waals surface area contributed by atoms with Gasteiger partial charge in [0.25, 0.3) is 0 Å². The predicted octanol–water partition coefficient (Wildman–Crippen LogP) is 4.02. The Hall–Kier alpha value is -3.74. The van der Waals surface area contributed by atoms with Gasteiger partial charge < -0.3 is 11.1 Å². The lowest BCUT2D eigenvalue weighted by atomic mass is 9.80. The highest BCUT2D eigenvalue weighted by molar-refractivity contribution is 7.97. The SMILES string of the molecule is CC1=Cc2[nH]ncc2C(c2c(-c3ccc4c(cnn4C)c3)nn(CC(CCCSN(N)/C=C\N)CNC=O)c2C)C1Cl. The second-order valence-corrected chi connectivity index (χ2v) is 12.2. The Morgan fingerprint density at radius 2 is 2.14 bits per heavy atom. The molecule has 1 amide bonds. The number of alkyl halides is 1. The molecule has 1 aromatic carbocycles. The molecule has 1 aliphatic rings. The Labute approximate surface area is 254 Å². The first kappa shape index (κ1) is 29.7. The van der Waals surface area contributed by atoms with Crippen LogP contribution < -0.4 is 16.9 Å². The van der Waals surface area contributed by atoms with Crippen LogP contribution in [0.15, 0.2) is 48.6 Å². The fraction of sp³-hybridized carbons (Fsp3) is 0.379. The highest BCUT2D eigenvalue weighted by atomic mass is 35.5. The van der Waals surface area contributed by atoms with Crippen molar-refractivity contribution in [3.8, 4) is 11.3 Å². The lowest BCUT2D eigenvalue weighted by molar-refractivity contribution is -0.109. The number of carbonyl (C=O) groups is 1. The van der Waals surface area contributed by atoms with E-state index in [9.17, 15) is 4.79 Å². The molecule has 3 heterocycles. The Kier molecular flexibility index (Phi) is 9.24. The largest absolute Gasteiger partial charge is 0.403 e. The highest BCUT2D eigenvalue weighted by Crippen LogP contribution is 2.45. The van der Waals surface area contributed by atoms with Gasteiger partial charge in [-0.25, -0.2) is 5.84 Å². The van der Waals surface area contributed by atoms with Gasteiger partial charge in [-0.2, -0.15) is 15.3 Å². The van der Waals surface area contributed by atoms with Gasteiger partial charge in [0, 0.05) is 72.0 Å². The molecule has 0 saturated carbocycles. The van der Waals surface area contributed by atoms with E-state index in [-0.39, 0.29) is 17.2 Å². The summed E-state index contributed by atoms with van der Waals surface area (Å²) >= 11 is 8.65. The predicted molar refractivity (Wildman–Crippen MR) is 169 cm³/mol. The minimum absolute atomic E-state index is 0.132. The molecule has 42 heavy (non-hydrogen) atoms. The molecule has 222 valence electrons. The van der Waals surface area contributed by atoms with Crippen molar-refractivity contribution < 1.29 is 4.79 Å². The Morgan fingerprint density at radius 3 is 2.93 bits per heavy atom. The van der Waals surface area contributed by atoms with E-state index in [1.807, 2.05) is 24.1 Å². The second-order valence-electron chi connectivity index (χ2n) is 10.6. The number of nitrogens with zero attached hydrogens (tertiary/aromatic N) is 6. The minimum atomic E-state index is -0.251. The topological polar surface area (TPSA) is 149 Å². The van der Waals surface area contributed by atoms with Crippen molar-refractivity contribution in [3.05, 3.63) is 71.1 Å². The van der Waals surface area contributed by atoms with Crippen molar-refractivity contribution in [1.82, 2.24) is 39.5 Å². The molecule has 3 unspecified atom stereocenters. The number of amides is 1. The van der Waals surface area contributed by atoms with Crippen molar-refractivity contribution in [3.63, 3.8) is 0 Å². The average molecular weight is 609 g/mol. The molecule has 3 aromatic heterocycles. The molecule has 11 nitrogen and oxygen atoms in total. The summed E-state index contributed by atoms with van der Waals surface area (Å²) in [6.07, 6.45) is 11.4. The number of aromatic nitrogens is 6. The van der Waals surface area contributed by atoms with E-state index in [0.29, 0.717) is 13.1 Å². The van der Waals surface area contributed by atoms with Crippen LogP contribution in [0.4, 0.5) is 0 Å². The monoisotopic (exact) mass is 608 g/mol. The second kappa shape index (κ2) is 13.1. The zero-order valence-electron chi connectivity index (χ0n) is 24.0. The number of aryl methyl sites for hydroxylation is 1. The summed E-state index contributed by atoms with van der Waals surface area (Å²) < 4.78 is 5.44. The van der Waals surface area contributed by atoms with E-state index in [2.05, 4.69) is 63.4 Å². The van der Waals surface area contributed by atoms with Gasteiger partial charge in [0.15, 0.2) is 0 Å². The van der Waals surface area contributed by atoms with Crippen LogP contribution in [0.2, 0.25) is 0 Å². The lowest BCUT2D eigenvalue weighted by Gasteiger charge is -2.28. The average Bonchev–Trinajstić information content (AvgIpc) is 3.68. The highest BCUT2D eigenvalue weighted by Gasteiger charge is 2.36. The van der Waals surface area contributed by atoms with Gasteiger partial charge >= 0.3 is 0 Å². The van der Waals surface area contributed by atoms with Crippen LogP contribution in [0, 0.1) is 12.8 Å². The fourth-order valence-electron chi connectivity index (χ4n) is 5.72. The summed E-state index contributed by atoms with van der Waals surface area (Å²) in [6.45, 7) is 5.35. The minimum Gasteiger partial charge on any atom is -0.403 e. The van der Waals surface area contributed by atoms with Gasteiger partial charge in [0.1, 0.15) is 0 Å². The van der Waals surface area contributed by atoms with Gasteiger partial charge in [-0.1, -0.05) is 11.6 Å². The molecule has 5 rings (SSSR count). The first-order valence-corrected chi connectivity index (χ1v) is 15.3. The molecule has 13 heteroatoms. The summed E-state index contributed by atoms with van der Waals surface area (Å²) in [6, 6.07) is 6.32. The van der Waals surface area contributed by atoms with Crippen molar-refractivity contribution in [2.45, 2.75) is 44.5 Å². The zero-order chi connectivity index (χ0) is 29.8. The quantitative estimate of drug-likeness (QED) is 0.0444. The smallest absolute Gasteiger partial charge is 0.207 e. The van der Waals surface area contributed by atoms with E-state index in [0.717, 1.165) is 75.3 Å². The third-order valence-corrected chi connectivity index (χ3v) is 9.36. The van der Waals surface area contributed by atoms with Gasteiger partial charge in [-0.15, -0.1) is 11.6 Å². The number of rotatable bonds is 13. The van der Waals surface area contributed by atoms with Crippen molar-refractivity contribution in [2.75, 3.05) is 12.3 Å². The first-order chi connectivity index (χ1) is 20.3. The zero-order valence-corrected chi connectivity index (χ0v) is 25.6. The van der Waals surface area contributed by atoms with Crippen LogP contribution in [-0.2, 0) is 18.4 Å². The molecule has 0 radical (unpaired) electrons. The summed E-state index contributed by atoms with van der Waals surface area (Å²) in [5, 5.41) is 20.8. The maximum absolute atomic E-state index is 11.2. The van der Waals surface area contributed by atoms with Crippen LogP contribution in [0.25, 0.3) is 28.2 Å². The number of hydrogen-bond donors (Lipinski definition) is 4. The number of aromatic amines is 1. The van der Waals surface area contributed by atoms with Gasteiger partial charge in [-0.3, -0.25) is 23.7 Å². The van der Waals surface area contributed by atoms with Crippen LogP contribution in [0.3, 0.4) is 0 Å². The number of benzene rings is 1. The third kappa shape index (κ3) is 6.06. The van der Waals surface area contributed by atoms with Crippen LogP contribution in [-0.4, -0.2) is 58.3 Å². The van der Waals surface area contributed by atoms with E-state index in [4.69, 9.17) is 28.3 Å². The normalized spacial score (nSPS) is 17.4. The van der Waals surface area contributed by atoms with Crippen LogP contribution >= 0.6 is 23.5 Å². The Morgan fingerprint density at radius 1 is 1.31 bits per heavy atom. The Balaban J connectivity index is 1.52. The van der Waals surface area contributed by atoms with Gasteiger partial charge in [-0.05, 0) is 62.8 Å². The standard InChI is InChI=1S/C29H37ClN10OS/c1-18-11-24-23(15-34-36-24)27(28(18)30)26-19(2)39(16-20(13-33-17-41)5-4-10-42-40(32)9-8-31)37-29(26)21-6-7-25-22(12-21)14-35-38(25)3/h6-9,11-12,14-15,17,20,27-28H,4-5,10,13,16,31-32H2,1-3H3,(H,33,41)(H,34,36)/b9-8-. The summed E-state index contributed by atoms with van der Waals surface area (Å²) in [5.74, 6) is 6.74. The molecule has 0 fully saturated rings. The van der Waals surface area contributed by atoms with E-state index < -0.39 is 0 Å². The molecular weight excluding hydrogens is 572 g/mol. The van der Waals surface area contributed by atoms with Crippen molar-refractivity contribution in [2.24, 2.45) is 24.5 Å². The molecule has 3 atom stereocenters. The fourth-order valence-corrected chi connectivity index (χ4v) is 6.71. The van der Waals surface area contributed by atoms with E-state index in [1.54, 1.807) is 6.20 Å². The van der Waals surface area contributed by atoms with Crippen LogP contribution in [0.5, 0.6) is 0 Å². The molecule has 0 spiro atoms. The van der Waals surface area contributed by atoms with E-state index in [1.165, 1.54) is 22.6 Å². The third-order valence-electron chi connectivity index (χ3n) is 7.87. The Bertz CT molecular complexity index is 1600. The first-order valence-electron chi connectivity index (χ1n) is 13.9. The van der Waals surface area contributed by atoms with Crippen LogP contribution in [0.1, 0.15) is 48.2 Å². The maximum atomic E-state index is 11.2. The molecule has 1 aliphatic carbocycles.